The van der Waals surface area contributed by atoms with E-state index in [9.17, 15) is 8.78 Å². The van der Waals surface area contributed by atoms with Crippen LogP contribution in [0.25, 0.3) is 0 Å². The Labute approximate surface area is 92.6 Å². The number of aromatic nitrogens is 1. The maximum absolute atomic E-state index is 11.8. The molecule has 1 unspecified atom stereocenters. The van der Waals surface area contributed by atoms with Gasteiger partial charge < -0.3 is 14.8 Å². The average molecular weight is 232 g/mol. The third kappa shape index (κ3) is 4.39. The summed E-state index contributed by atoms with van der Waals surface area (Å²) in [6.07, 6.45) is 1.30. The molecule has 1 atom stereocenters. The number of rotatable bonds is 6. The molecule has 1 aromatic heterocycles. The van der Waals surface area contributed by atoms with Gasteiger partial charge >= 0.3 is 6.61 Å². The molecule has 0 aliphatic rings. The van der Waals surface area contributed by atoms with Crippen LogP contribution in [0.3, 0.4) is 0 Å². The summed E-state index contributed by atoms with van der Waals surface area (Å²) in [6.45, 7) is -0.325. The van der Waals surface area contributed by atoms with Crippen LogP contribution in [0, 0.1) is 0 Å². The standard InChI is InChI=1S/C10H14F2N2O2/c1-7(15-2)5-13-9-4-3-8(6-14-9)16-10(11)12/h3-4,6-7,10H,5H2,1-2H3,(H,13,14). The molecule has 0 bridgehead atoms. The third-order valence-electron chi connectivity index (χ3n) is 1.93. The summed E-state index contributed by atoms with van der Waals surface area (Å²) in [7, 11) is 1.61. The predicted octanol–water partition coefficient (Wildman–Crippen LogP) is 2.13. The zero-order valence-corrected chi connectivity index (χ0v) is 9.11. The highest BCUT2D eigenvalue weighted by atomic mass is 19.3. The van der Waals surface area contributed by atoms with Crippen molar-refractivity contribution >= 4 is 5.82 Å². The fourth-order valence-electron chi connectivity index (χ4n) is 0.989. The first kappa shape index (κ1) is 12.6. The molecule has 90 valence electrons. The summed E-state index contributed by atoms with van der Waals surface area (Å²) in [6, 6.07) is 3.00. The van der Waals surface area contributed by atoms with Gasteiger partial charge in [-0.25, -0.2) is 4.98 Å². The molecule has 4 nitrogen and oxygen atoms in total. The predicted molar refractivity (Wildman–Crippen MR) is 55.8 cm³/mol. The van der Waals surface area contributed by atoms with Crippen LogP contribution in [0.5, 0.6) is 5.75 Å². The Kier molecular flexibility index (Phi) is 4.91. The van der Waals surface area contributed by atoms with E-state index in [1.165, 1.54) is 12.3 Å². The fraction of sp³-hybridized carbons (Fsp3) is 0.500. The first-order chi connectivity index (χ1) is 7.61. The summed E-state index contributed by atoms with van der Waals surface area (Å²) in [5, 5.41) is 3.00. The van der Waals surface area contributed by atoms with Gasteiger partial charge in [-0.1, -0.05) is 0 Å². The number of hydrogen-bond acceptors (Lipinski definition) is 4. The summed E-state index contributed by atoms with van der Waals surface area (Å²) in [4.78, 5) is 3.91. The molecule has 0 amide bonds. The monoisotopic (exact) mass is 232 g/mol. The van der Waals surface area contributed by atoms with Gasteiger partial charge in [0.25, 0.3) is 0 Å². The summed E-state index contributed by atoms with van der Waals surface area (Å²) in [5.41, 5.74) is 0. The molecule has 0 radical (unpaired) electrons. The highest BCUT2D eigenvalue weighted by molar-refractivity contribution is 5.37. The smallest absolute Gasteiger partial charge is 0.387 e. The van der Waals surface area contributed by atoms with Crippen LogP contribution >= 0.6 is 0 Å². The molecule has 0 aliphatic heterocycles. The number of halogens is 2. The van der Waals surface area contributed by atoms with Crippen LogP contribution in [-0.4, -0.2) is 31.4 Å². The van der Waals surface area contributed by atoms with Gasteiger partial charge in [0.05, 0.1) is 12.3 Å². The first-order valence-electron chi connectivity index (χ1n) is 4.79. The minimum absolute atomic E-state index is 0.0420. The second-order valence-electron chi connectivity index (χ2n) is 3.18. The molecule has 1 heterocycles. The normalized spacial score (nSPS) is 12.6. The van der Waals surface area contributed by atoms with Crippen molar-refractivity contribution in [3.63, 3.8) is 0 Å². The third-order valence-corrected chi connectivity index (χ3v) is 1.93. The van der Waals surface area contributed by atoms with Gasteiger partial charge in [0.15, 0.2) is 0 Å². The molecule has 0 fully saturated rings. The average Bonchev–Trinajstić information content (AvgIpc) is 2.27. The molecule has 6 heteroatoms. The molecule has 1 N–H and O–H groups in total. The first-order valence-corrected chi connectivity index (χ1v) is 4.79. The van der Waals surface area contributed by atoms with E-state index in [0.717, 1.165) is 0 Å². The van der Waals surface area contributed by atoms with Crippen molar-refractivity contribution in [3.8, 4) is 5.75 Å². The molecular weight excluding hydrogens is 218 g/mol. The molecule has 0 spiro atoms. The molecule has 1 rings (SSSR count). The Morgan fingerprint density at radius 2 is 2.19 bits per heavy atom. The number of hydrogen-bond donors (Lipinski definition) is 1. The summed E-state index contributed by atoms with van der Waals surface area (Å²) in [5.74, 6) is 0.630. The van der Waals surface area contributed by atoms with E-state index in [1.807, 2.05) is 6.92 Å². The van der Waals surface area contributed by atoms with Gasteiger partial charge in [-0.05, 0) is 19.1 Å². The molecule has 0 saturated carbocycles. The topological polar surface area (TPSA) is 43.4 Å². The van der Waals surface area contributed by atoms with E-state index in [4.69, 9.17) is 4.74 Å². The zero-order chi connectivity index (χ0) is 12.0. The maximum Gasteiger partial charge on any atom is 0.387 e. The van der Waals surface area contributed by atoms with E-state index in [1.54, 1.807) is 13.2 Å². The second kappa shape index (κ2) is 6.22. The highest BCUT2D eigenvalue weighted by Crippen LogP contribution is 2.14. The Morgan fingerprint density at radius 3 is 2.69 bits per heavy atom. The summed E-state index contributed by atoms with van der Waals surface area (Å²) < 4.78 is 32.9. The zero-order valence-electron chi connectivity index (χ0n) is 9.11. The van der Waals surface area contributed by atoms with Crippen LogP contribution in [0.1, 0.15) is 6.92 Å². The van der Waals surface area contributed by atoms with Crippen molar-refractivity contribution in [2.24, 2.45) is 0 Å². The van der Waals surface area contributed by atoms with Crippen LogP contribution in [0.4, 0.5) is 14.6 Å². The second-order valence-corrected chi connectivity index (χ2v) is 3.18. The van der Waals surface area contributed by atoms with Crippen molar-refractivity contribution in [2.75, 3.05) is 19.0 Å². The number of methoxy groups -OCH3 is 1. The molecule has 1 aromatic rings. The fourth-order valence-corrected chi connectivity index (χ4v) is 0.989. The maximum atomic E-state index is 11.8. The molecule has 16 heavy (non-hydrogen) atoms. The van der Waals surface area contributed by atoms with E-state index in [-0.39, 0.29) is 11.9 Å². The van der Waals surface area contributed by atoms with Gasteiger partial charge in [-0.15, -0.1) is 0 Å². The molecule has 0 aliphatic carbocycles. The van der Waals surface area contributed by atoms with Gasteiger partial charge in [0.1, 0.15) is 11.6 Å². The number of alkyl halides is 2. The number of ether oxygens (including phenoxy) is 2. The van der Waals surface area contributed by atoms with E-state index < -0.39 is 6.61 Å². The molecular formula is C10H14F2N2O2. The van der Waals surface area contributed by atoms with Gasteiger partial charge in [-0.3, -0.25) is 0 Å². The van der Waals surface area contributed by atoms with Crippen LogP contribution in [-0.2, 0) is 4.74 Å². The lowest BCUT2D eigenvalue weighted by Gasteiger charge is -2.11. The number of anilines is 1. The van der Waals surface area contributed by atoms with Crippen molar-refractivity contribution < 1.29 is 18.3 Å². The lowest BCUT2D eigenvalue weighted by molar-refractivity contribution is -0.0500. The molecule has 0 saturated heterocycles. The van der Waals surface area contributed by atoms with Crippen molar-refractivity contribution in [3.05, 3.63) is 18.3 Å². The minimum atomic E-state index is -2.82. The highest BCUT2D eigenvalue weighted by Gasteiger charge is 2.04. The minimum Gasteiger partial charge on any atom is -0.433 e. The van der Waals surface area contributed by atoms with Crippen LogP contribution < -0.4 is 10.1 Å². The van der Waals surface area contributed by atoms with E-state index in [0.29, 0.717) is 12.4 Å². The van der Waals surface area contributed by atoms with Crippen molar-refractivity contribution in [1.82, 2.24) is 4.98 Å². The Hall–Kier alpha value is -1.43. The van der Waals surface area contributed by atoms with E-state index in [2.05, 4.69) is 15.0 Å². The van der Waals surface area contributed by atoms with Crippen molar-refractivity contribution in [2.45, 2.75) is 19.6 Å². The lowest BCUT2D eigenvalue weighted by Crippen LogP contribution is -2.18. The number of nitrogens with zero attached hydrogens (tertiary/aromatic N) is 1. The van der Waals surface area contributed by atoms with E-state index >= 15 is 0 Å². The Bertz CT molecular complexity index is 306. The summed E-state index contributed by atoms with van der Waals surface area (Å²) >= 11 is 0. The van der Waals surface area contributed by atoms with Gasteiger partial charge in [0.2, 0.25) is 0 Å². The van der Waals surface area contributed by atoms with Gasteiger partial charge in [-0.2, -0.15) is 8.78 Å². The molecule has 0 aromatic carbocycles. The van der Waals surface area contributed by atoms with Crippen molar-refractivity contribution in [1.29, 1.82) is 0 Å². The van der Waals surface area contributed by atoms with Crippen LogP contribution in [0.2, 0.25) is 0 Å². The number of pyridine rings is 1. The largest absolute Gasteiger partial charge is 0.433 e. The quantitative estimate of drug-likeness (QED) is 0.816. The lowest BCUT2D eigenvalue weighted by atomic mass is 10.4. The number of nitrogens with one attached hydrogen (secondary N) is 1. The Balaban J connectivity index is 2.45. The SMILES string of the molecule is COC(C)CNc1ccc(OC(F)F)cn1. The Morgan fingerprint density at radius 1 is 1.44 bits per heavy atom. The van der Waals surface area contributed by atoms with Gasteiger partial charge in [0, 0.05) is 13.7 Å². The van der Waals surface area contributed by atoms with Crippen LogP contribution in [0.15, 0.2) is 18.3 Å².